The molecule has 0 atom stereocenters. The molecule has 0 fully saturated rings. The van der Waals surface area contributed by atoms with Crippen LogP contribution in [0.2, 0.25) is 0 Å². The summed E-state index contributed by atoms with van der Waals surface area (Å²) < 4.78 is 31.6. The van der Waals surface area contributed by atoms with Crippen LogP contribution in [0.4, 0.5) is 8.78 Å². The lowest BCUT2D eigenvalue weighted by Crippen LogP contribution is -2.13. The monoisotopic (exact) mass is 262 g/mol. The fourth-order valence-corrected chi connectivity index (χ4v) is 1.61. The average Bonchev–Trinajstić information content (AvgIpc) is 2.38. The zero-order chi connectivity index (χ0) is 13.8. The Bertz CT molecular complexity index is 614. The standard InChI is InChI=1S/C14H12F2N2O/c15-10-6-5-9(12(16)7-10)8-19-13-4-2-1-3-11(13)14(17)18/h1-7H,8H2,(H3,17,18). The number of hydrogen-bond acceptors (Lipinski definition) is 2. The summed E-state index contributed by atoms with van der Waals surface area (Å²) in [6.45, 7) is -0.0591. The molecule has 0 aliphatic heterocycles. The molecule has 2 aromatic carbocycles. The summed E-state index contributed by atoms with van der Waals surface area (Å²) in [6, 6.07) is 10.0. The van der Waals surface area contributed by atoms with Gasteiger partial charge in [0.15, 0.2) is 0 Å². The van der Waals surface area contributed by atoms with Gasteiger partial charge in [0.1, 0.15) is 29.8 Å². The highest BCUT2D eigenvalue weighted by atomic mass is 19.1. The van der Waals surface area contributed by atoms with Gasteiger partial charge in [-0.1, -0.05) is 12.1 Å². The van der Waals surface area contributed by atoms with E-state index in [0.29, 0.717) is 11.3 Å². The number of nitrogens with two attached hydrogens (primary N) is 1. The van der Waals surface area contributed by atoms with E-state index in [1.807, 2.05) is 0 Å². The number of para-hydroxylation sites is 1. The van der Waals surface area contributed by atoms with E-state index in [1.54, 1.807) is 24.3 Å². The second-order valence-electron chi connectivity index (χ2n) is 3.93. The van der Waals surface area contributed by atoms with Crippen molar-refractivity contribution in [1.82, 2.24) is 0 Å². The summed E-state index contributed by atoms with van der Waals surface area (Å²) in [5.74, 6) is -1.04. The quantitative estimate of drug-likeness (QED) is 0.657. The smallest absolute Gasteiger partial charge is 0.132 e. The third-order valence-corrected chi connectivity index (χ3v) is 2.58. The van der Waals surface area contributed by atoms with Gasteiger partial charge in [-0.25, -0.2) is 8.78 Å². The van der Waals surface area contributed by atoms with Crippen LogP contribution in [0.3, 0.4) is 0 Å². The first-order valence-corrected chi connectivity index (χ1v) is 5.58. The van der Waals surface area contributed by atoms with Crippen molar-refractivity contribution < 1.29 is 13.5 Å². The number of nitrogen functional groups attached to an aromatic ring is 1. The Hall–Kier alpha value is -2.43. The lowest BCUT2D eigenvalue weighted by Gasteiger charge is -2.10. The summed E-state index contributed by atoms with van der Waals surface area (Å²) in [6.07, 6.45) is 0. The minimum atomic E-state index is -0.666. The van der Waals surface area contributed by atoms with Gasteiger partial charge in [-0.3, -0.25) is 5.41 Å². The molecule has 98 valence electrons. The molecule has 0 saturated heterocycles. The summed E-state index contributed by atoms with van der Waals surface area (Å²) in [4.78, 5) is 0. The molecule has 0 aromatic heterocycles. The Kier molecular flexibility index (Phi) is 3.75. The largest absolute Gasteiger partial charge is 0.488 e. The molecule has 2 aromatic rings. The molecule has 19 heavy (non-hydrogen) atoms. The third kappa shape index (κ3) is 3.07. The molecule has 3 nitrogen and oxygen atoms in total. The van der Waals surface area contributed by atoms with Gasteiger partial charge in [-0.05, 0) is 24.3 Å². The number of halogens is 2. The summed E-state index contributed by atoms with van der Waals surface area (Å²) in [5, 5.41) is 7.40. The second kappa shape index (κ2) is 5.48. The molecule has 2 rings (SSSR count). The Morgan fingerprint density at radius 2 is 1.89 bits per heavy atom. The predicted octanol–water partition coefficient (Wildman–Crippen LogP) is 2.83. The number of benzene rings is 2. The van der Waals surface area contributed by atoms with Crippen LogP contribution >= 0.6 is 0 Å². The molecule has 0 aliphatic rings. The number of rotatable bonds is 4. The van der Waals surface area contributed by atoms with Crippen LogP contribution in [0.5, 0.6) is 5.75 Å². The molecule has 0 spiro atoms. The van der Waals surface area contributed by atoms with E-state index in [-0.39, 0.29) is 18.0 Å². The maximum absolute atomic E-state index is 13.4. The van der Waals surface area contributed by atoms with Crippen molar-refractivity contribution in [3.05, 3.63) is 65.2 Å². The molecule has 0 bridgehead atoms. The number of hydrogen-bond donors (Lipinski definition) is 2. The van der Waals surface area contributed by atoms with E-state index in [1.165, 1.54) is 12.1 Å². The van der Waals surface area contributed by atoms with Crippen LogP contribution in [0.15, 0.2) is 42.5 Å². The Morgan fingerprint density at radius 3 is 2.58 bits per heavy atom. The maximum Gasteiger partial charge on any atom is 0.132 e. The highest BCUT2D eigenvalue weighted by molar-refractivity contribution is 5.97. The molecular weight excluding hydrogens is 250 g/mol. The second-order valence-corrected chi connectivity index (χ2v) is 3.93. The Labute approximate surface area is 109 Å². The van der Waals surface area contributed by atoms with E-state index in [2.05, 4.69) is 0 Å². The van der Waals surface area contributed by atoms with Crippen LogP contribution in [0.25, 0.3) is 0 Å². The zero-order valence-electron chi connectivity index (χ0n) is 9.99. The summed E-state index contributed by atoms with van der Waals surface area (Å²) in [5.41, 5.74) is 6.08. The van der Waals surface area contributed by atoms with Crippen molar-refractivity contribution >= 4 is 5.84 Å². The minimum absolute atomic E-state index is 0.0591. The van der Waals surface area contributed by atoms with Crippen molar-refractivity contribution in [2.75, 3.05) is 0 Å². The van der Waals surface area contributed by atoms with Gasteiger partial charge >= 0.3 is 0 Å². The molecule has 3 N–H and O–H groups in total. The first-order chi connectivity index (χ1) is 9.08. The third-order valence-electron chi connectivity index (χ3n) is 2.58. The molecule has 0 aliphatic carbocycles. The van der Waals surface area contributed by atoms with Crippen LogP contribution < -0.4 is 10.5 Å². The zero-order valence-corrected chi connectivity index (χ0v) is 9.99. The molecule has 0 amide bonds. The number of ether oxygens (including phenoxy) is 1. The van der Waals surface area contributed by atoms with Gasteiger partial charge in [-0.15, -0.1) is 0 Å². The highest BCUT2D eigenvalue weighted by Crippen LogP contribution is 2.19. The lowest BCUT2D eigenvalue weighted by atomic mass is 10.2. The predicted molar refractivity (Wildman–Crippen MR) is 68.1 cm³/mol. The van der Waals surface area contributed by atoms with E-state index in [4.69, 9.17) is 15.9 Å². The SMILES string of the molecule is N=C(N)c1ccccc1OCc1ccc(F)cc1F. The number of nitrogens with one attached hydrogen (secondary N) is 1. The highest BCUT2D eigenvalue weighted by Gasteiger charge is 2.08. The van der Waals surface area contributed by atoms with Gasteiger partial charge < -0.3 is 10.5 Å². The molecular formula is C14H12F2N2O. The fourth-order valence-electron chi connectivity index (χ4n) is 1.61. The molecule has 0 saturated carbocycles. The van der Waals surface area contributed by atoms with Crippen LogP contribution in [-0.4, -0.2) is 5.84 Å². The maximum atomic E-state index is 13.4. The number of amidine groups is 1. The van der Waals surface area contributed by atoms with Crippen LogP contribution in [-0.2, 0) is 6.61 Å². The van der Waals surface area contributed by atoms with Gasteiger partial charge in [0.05, 0.1) is 5.56 Å². The Balaban J connectivity index is 2.17. The van der Waals surface area contributed by atoms with Crippen molar-refractivity contribution in [1.29, 1.82) is 5.41 Å². The van der Waals surface area contributed by atoms with E-state index in [9.17, 15) is 8.78 Å². The van der Waals surface area contributed by atoms with Crippen LogP contribution in [0.1, 0.15) is 11.1 Å². The van der Waals surface area contributed by atoms with Crippen LogP contribution in [0, 0.1) is 17.0 Å². The summed E-state index contributed by atoms with van der Waals surface area (Å²) in [7, 11) is 0. The van der Waals surface area contributed by atoms with Crippen molar-refractivity contribution in [2.45, 2.75) is 6.61 Å². The molecule has 0 unspecified atom stereocenters. The fraction of sp³-hybridized carbons (Fsp3) is 0.0714. The Morgan fingerprint density at radius 1 is 1.16 bits per heavy atom. The first-order valence-electron chi connectivity index (χ1n) is 5.58. The van der Waals surface area contributed by atoms with Gasteiger partial charge in [0.25, 0.3) is 0 Å². The van der Waals surface area contributed by atoms with Gasteiger partial charge in [0, 0.05) is 11.6 Å². The van der Waals surface area contributed by atoms with Gasteiger partial charge in [-0.2, -0.15) is 0 Å². The normalized spacial score (nSPS) is 10.2. The average molecular weight is 262 g/mol. The topological polar surface area (TPSA) is 59.1 Å². The van der Waals surface area contributed by atoms with E-state index < -0.39 is 11.6 Å². The summed E-state index contributed by atoms with van der Waals surface area (Å²) >= 11 is 0. The van der Waals surface area contributed by atoms with E-state index >= 15 is 0 Å². The van der Waals surface area contributed by atoms with Crippen molar-refractivity contribution in [3.63, 3.8) is 0 Å². The van der Waals surface area contributed by atoms with E-state index in [0.717, 1.165) is 6.07 Å². The molecule has 0 heterocycles. The van der Waals surface area contributed by atoms with Gasteiger partial charge in [0.2, 0.25) is 0 Å². The molecule has 5 heteroatoms. The van der Waals surface area contributed by atoms with Crippen molar-refractivity contribution in [3.8, 4) is 5.75 Å². The van der Waals surface area contributed by atoms with Crippen molar-refractivity contribution in [2.24, 2.45) is 5.73 Å². The molecule has 0 radical (unpaired) electrons. The lowest BCUT2D eigenvalue weighted by molar-refractivity contribution is 0.299. The first kappa shape index (κ1) is 13.0. The minimum Gasteiger partial charge on any atom is -0.488 e.